The number of nitrogens with one attached hydrogen (secondary N) is 4. The standard InChI is InChI=1S/C27H32ClN7O4S/c1-5-25(37)31-20-12-21(23(36)13-22(20)35-11-10-29-17(4)15-35)33-27-30-14-18(28)26(34-27)32-19-8-6-7-9-24(19)40(38,39)16(2)3/h5-9,12-14,16-17,29,36H,1,10-11,15H2,2-4H3,(H,31,37)(H2,30,32,33,34)/t17-/m1/s1. The smallest absolute Gasteiger partial charge is 0.247 e. The lowest BCUT2D eigenvalue weighted by Gasteiger charge is -2.35. The fourth-order valence-corrected chi connectivity index (χ4v) is 5.55. The van der Waals surface area contributed by atoms with E-state index in [9.17, 15) is 18.3 Å². The zero-order valence-electron chi connectivity index (χ0n) is 22.4. The highest BCUT2D eigenvalue weighted by atomic mass is 35.5. The van der Waals surface area contributed by atoms with Gasteiger partial charge in [-0.3, -0.25) is 4.79 Å². The highest BCUT2D eigenvalue weighted by molar-refractivity contribution is 7.92. The molecule has 11 nitrogen and oxygen atoms in total. The molecule has 1 fully saturated rings. The number of nitrogens with zero attached hydrogens (tertiary/aromatic N) is 3. The van der Waals surface area contributed by atoms with E-state index in [0.717, 1.165) is 6.54 Å². The summed E-state index contributed by atoms with van der Waals surface area (Å²) in [4.78, 5) is 23.0. The average molecular weight is 586 g/mol. The van der Waals surface area contributed by atoms with Gasteiger partial charge >= 0.3 is 0 Å². The largest absolute Gasteiger partial charge is 0.506 e. The second-order valence-corrected chi connectivity index (χ2v) is 12.5. The number of sulfone groups is 1. The van der Waals surface area contributed by atoms with Gasteiger partial charge < -0.3 is 31.3 Å². The predicted octanol–water partition coefficient (Wildman–Crippen LogP) is 4.43. The van der Waals surface area contributed by atoms with Crippen molar-refractivity contribution in [2.45, 2.75) is 37.0 Å². The molecule has 1 aliphatic rings. The maximum absolute atomic E-state index is 12.9. The van der Waals surface area contributed by atoms with Gasteiger partial charge in [-0.25, -0.2) is 13.4 Å². The van der Waals surface area contributed by atoms with E-state index in [0.29, 0.717) is 30.2 Å². The van der Waals surface area contributed by atoms with Crippen molar-refractivity contribution in [2.24, 2.45) is 0 Å². The number of para-hydroxylation sites is 1. The number of phenolic OH excluding ortho intramolecular Hbond substituents is 1. The zero-order valence-corrected chi connectivity index (χ0v) is 24.0. The Hall–Kier alpha value is -3.87. The molecule has 0 bridgehead atoms. The van der Waals surface area contributed by atoms with Crippen LogP contribution in [0.3, 0.4) is 0 Å². The van der Waals surface area contributed by atoms with Crippen molar-refractivity contribution in [3.8, 4) is 5.75 Å². The fourth-order valence-electron chi connectivity index (χ4n) is 4.21. The van der Waals surface area contributed by atoms with Gasteiger partial charge in [0.15, 0.2) is 15.7 Å². The second-order valence-electron chi connectivity index (χ2n) is 9.61. The fraction of sp³-hybridized carbons (Fsp3) is 0.296. The number of hydrogen-bond acceptors (Lipinski definition) is 10. The van der Waals surface area contributed by atoms with E-state index in [4.69, 9.17) is 11.6 Å². The Labute approximate surface area is 238 Å². The number of piperazine rings is 1. The van der Waals surface area contributed by atoms with Crippen LogP contribution in [0.15, 0.2) is 60.1 Å². The van der Waals surface area contributed by atoms with Crippen LogP contribution in [0, 0.1) is 0 Å². The first-order chi connectivity index (χ1) is 19.0. The number of hydrogen-bond donors (Lipinski definition) is 5. The molecule has 4 rings (SSSR count). The van der Waals surface area contributed by atoms with Crippen molar-refractivity contribution in [1.82, 2.24) is 15.3 Å². The molecule has 5 N–H and O–H groups in total. The van der Waals surface area contributed by atoms with Gasteiger partial charge in [0.1, 0.15) is 10.8 Å². The maximum atomic E-state index is 12.9. The van der Waals surface area contributed by atoms with E-state index < -0.39 is 21.0 Å². The van der Waals surface area contributed by atoms with Crippen LogP contribution in [0.4, 0.5) is 34.5 Å². The Morgan fingerprint density at radius 1 is 1.23 bits per heavy atom. The summed E-state index contributed by atoms with van der Waals surface area (Å²) in [6.07, 6.45) is 2.52. The number of rotatable bonds is 9. The molecular formula is C27H32ClN7O4S. The molecule has 1 aromatic heterocycles. The number of benzene rings is 2. The van der Waals surface area contributed by atoms with Crippen LogP contribution in [-0.2, 0) is 14.6 Å². The van der Waals surface area contributed by atoms with Crippen LogP contribution in [0.2, 0.25) is 5.02 Å². The highest BCUT2D eigenvalue weighted by Crippen LogP contribution is 2.38. The maximum Gasteiger partial charge on any atom is 0.247 e. The van der Waals surface area contributed by atoms with E-state index in [-0.39, 0.29) is 39.2 Å². The summed E-state index contributed by atoms with van der Waals surface area (Å²) in [7, 11) is -3.59. The average Bonchev–Trinajstić information content (AvgIpc) is 2.92. The third-order valence-corrected chi connectivity index (χ3v) is 8.81. The monoisotopic (exact) mass is 585 g/mol. The Kier molecular flexibility index (Phi) is 8.82. The van der Waals surface area contributed by atoms with Crippen molar-refractivity contribution in [3.05, 3.63) is 60.3 Å². The zero-order chi connectivity index (χ0) is 29.0. The van der Waals surface area contributed by atoms with Crippen molar-refractivity contribution in [2.75, 3.05) is 40.5 Å². The molecule has 1 atom stereocenters. The first-order valence-corrected chi connectivity index (χ1v) is 14.6. The number of aromatic hydroxyl groups is 1. The molecule has 40 heavy (non-hydrogen) atoms. The minimum atomic E-state index is -3.59. The van der Waals surface area contributed by atoms with Gasteiger partial charge in [0, 0.05) is 31.7 Å². The number of aromatic nitrogens is 2. The molecule has 2 aromatic carbocycles. The van der Waals surface area contributed by atoms with Crippen molar-refractivity contribution >= 4 is 61.9 Å². The minimum Gasteiger partial charge on any atom is -0.506 e. The SMILES string of the molecule is C=CC(=O)Nc1cc(Nc2ncc(Cl)c(Nc3ccccc3S(=O)(=O)C(C)C)n2)c(O)cc1N1CCN[C@H](C)C1. The number of halogens is 1. The van der Waals surface area contributed by atoms with Crippen LogP contribution in [0.25, 0.3) is 0 Å². The minimum absolute atomic E-state index is 0.0796. The first-order valence-electron chi connectivity index (χ1n) is 12.7. The summed E-state index contributed by atoms with van der Waals surface area (Å²) in [5.41, 5.74) is 1.69. The van der Waals surface area contributed by atoms with Crippen molar-refractivity contribution in [1.29, 1.82) is 0 Å². The normalized spacial score (nSPS) is 15.5. The number of carbonyl (C=O) groups is 1. The molecule has 13 heteroatoms. The van der Waals surface area contributed by atoms with Gasteiger partial charge in [0.25, 0.3) is 0 Å². The summed E-state index contributed by atoms with van der Waals surface area (Å²) in [6.45, 7) is 10.9. The van der Waals surface area contributed by atoms with Crippen molar-refractivity contribution in [3.63, 3.8) is 0 Å². The Bertz CT molecular complexity index is 1530. The molecular weight excluding hydrogens is 554 g/mol. The Morgan fingerprint density at radius 2 is 1.98 bits per heavy atom. The summed E-state index contributed by atoms with van der Waals surface area (Å²) >= 11 is 6.34. The molecule has 0 radical (unpaired) electrons. The third kappa shape index (κ3) is 6.46. The molecule has 0 unspecified atom stereocenters. The van der Waals surface area contributed by atoms with Crippen LogP contribution >= 0.6 is 11.6 Å². The molecule has 0 spiro atoms. The van der Waals surface area contributed by atoms with E-state index in [1.165, 1.54) is 18.3 Å². The van der Waals surface area contributed by atoms with Crippen LogP contribution in [0.1, 0.15) is 20.8 Å². The van der Waals surface area contributed by atoms with Gasteiger partial charge in [-0.1, -0.05) is 30.3 Å². The molecule has 212 valence electrons. The quantitative estimate of drug-likeness (QED) is 0.139. The van der Waals surface area contributed by atoms with Gasteiger partial charge in [-0.2, -0.15) is 4.98 Å². The second kappa shape index (κ2) is 12.1. The van der Waals surface area contributed by atoms with Crippen LogP contribution < -0.4 is 26.2 Å². The molecule has 1 saturated heterocycles. The van der Waals surface area contributed by atoms with E-state index >= 15 is 0 Å². The lowest BCUT2D eigenvalue weighted by molar-refractivity contribution is -0.111. The summed E-state index contributed by atoms with van der Waals surface area (Å²) < 4.78 is 25.7. The Morgan fingerprint density at radius 3 is 2.67 bits per heavy atom. The summed E-state index contributed by atoms with van der Waals surface area (Å²) in [5.74, 6) is -0.239. The summed E-state index contributed by atoms with van der Waals surface area (Å²) in [5, 5.41) is 22.6. The first kappa shape index (κ1) is 29.1. The van der Waals surface area contributed by atoms with Gasteiger partial charge in [0.2, 0.25) is 11.9 Å². The third-order valence-electron chi connectivity index (χ3n) is 6.32. The van der Waals surface area contributed by atoms with Gasteiger partial charge in [-0.05, 0) is 45.0 Å². The molecule has 0 aliphatic carbocycles. The van der Waals surface area contributed by atoms with E-state index in [2.05, 4.69) is 49.6 Å². The summed E-state index contributed by atoms with van der Waals surface area (Å²) in [6, 6.07) is 9.88. The number of anilines is 6. The molecule has 3 aromatic rings. The number of carbonyl (C=O) groups excluding carboxylic acids is 1. The topological polar surface area (TPSA) is 149 Å². The predicted molar refractivity (Wildman–Crippen MR) is 159 cm³/mol. The number of phenols is 1. The van der Waals surface area contributed by atoms with Gasteiger partial charge in [0.05, 0.1) is 39.1 Å². The number of amides is 1. The van der Waals surface area contributed by atoms with Crippen molar-refractivity contribution < 1.29 is 18.3 Å². The highest BCUT2D eigenvalue weighted by Gasteiger charge is 2.24. The van der Waals surface area contributed by atoms with E-state index in [1.807, 2.05) is 0 Å². The molecule has 2 heterocycles. The molecule has 1 amide bonds. The lowest BCUT2D eigenvalue weighted by atomic mass is 10.1. The Balaban J connectivity index is 1.67. The molecule has 0 saturated carbocycles. The lowest BCUT2D eigenvalue weighted by Crippen LogP contribution is -2.49. The molecule has 1 aliphatic heterocycles. The van der Waals surface area contributed by atoms with Crippen LogP contribution in [-0.4, -0.2) is 60.3 Å². The van der Waals surface area contributed by atoms with E-state index in [1.54, 1.807) is 44.2 Å². The van der Waals surface area contributed by atoms with Crippen LogP contribution in [0.5, 0.6) is 5.75 Å². The van der Waals surface area contributed by atoms with Gasteiger partial charge in [-0.15, -0.1) is 0 Å².